The molecule has 1 N–H and O–H groups in total. The van der Waals surface area contributed by atoms with Gasteiger partial charge in [-0.3, -0.25) is 4.79 Å². The summed E-state index contributed by atoms with van der Waals surface area (Å²) in [4.78, 5) is 13.7. The molecule has 0 radical (unpaired) electrons. The zero-order valence-electron chi connectivity index (χ0n) is 13.1. The minimum absolute atomic E-state index is 0.0367. The smallest absolute Gasteiger partial charge is 0.250 e. The molecular weight excluding hydrogens is 340 g/mol. The Labute approximate surface area is 140 Å². The maximum absolute atomic E-state index is 12.2. The van der Waals surface area contributed by atoms with E-state index in [9.17, 15) is 13.2 Å². The van der Waals surface area contributed by atoms with E-state index in [-0.39, 0.29) is 18.6 Å². The third-order valence-electron chi connectivity index (χ3n) is 3.59. The summed E-state index contributed by atoms with van der Waals surface area (Å²) in [6.07, 6.45) is 1.21. The van der Waals surface area contributed by atoms with Crippen LogP contribution in [0.3, 0.4) is 0 Å². The highest BCUT2D eigenvalue weighted by molar-refractivity contribution is 7.91. The zero-order chi connectivity index (χ0) is 16.7. The van der Waals surface area contributed by atoms with E-state index in [0.29, 0.717) is 43.4 Å². The summed E-state index contributed by atoms with van der Waals surface area (Å²) >= 11 is 1.20. The maximum atomic E-state index is 12.2. The lowest BCUT2D eigenvalue weighted by atomic mass is 10.1. The van der Waals surface area contributed by atoms with Gasteiger partial charge < -0.3 is 14.4 Å². The fourth-order valence-electron chi connectivity index (χ4n) is 2.33. The van der Waals surface area contributed by atoms with Crippen molar-refractivity contribution in [3.05, 3.63) is 17.5 Å². The number of rotatable bonds is 8. The molecule has 1 saturated heterocycles. The molecule has 9 heteroatoms. The van der Waals surface area contributed by atoms with Gasteiger partial charge in [0, 0.05) is 26.2 Å². The van der Waals surface area contributed by atoms with E-state index in [1.165, 1.54) is 11.3 Å². The second-order valence-corrected chi connectivity index (χ2v) is 8.14. The summed E-state index contributed by atoms with van der Waals surface area (Å²) in [7, 11) is -1.87. The number of hydrogen-bond donors (Lipinski definition) is 1. The van der Waals surface area contributed by atoms with Crippen molar-refractivity contribution in [1.82, 2.24) is 9.62 Å². The molecule has 0 spiro atoms. The number of ether oxygens (including phenoxy) is 2. The average molecular weight is 362 g/mol. The number of hydrogen-bond acceptors (Lipinski definition) is 6. The summed E-state index contributed by atoms with van der Waals surface area (Å²) in [5.41, 5.74) is 0. The van der Waals surface area contributed by atoms with Crippen LogP contribution < -0.4 is 4.72 Å². The predicted molar refractivity (Wildman–Crippen MR) is 86.9 cm³/mol. The lowest BCUT2D eigenvalue weighted by molar-refractivity contribution is -0.137. The number of carbonyl (C=O) groups excluding carboxylic acids is 1. The van der Waals surface area contributed by atoms with Gasteiger partial charge in [-0.2, -0.15) is 0 Å². The molecule has 0 bridgehead atoms. The largest absolute Gasteiger partial charge is 0.382 e. The molecule has 1 aliphatic rings. The SMILES string of the molecule is COCCOCC(=O)N1CCC(NS(=O)(=O)c2cccs2)CC1. The first-order chi connectivity index (χ1) is 11.0. The molecule has 0 atom stereocenters. The Morgan fingerprint density at radius 3 is 2.74 bits per heavy atom. The van der Waals surface area contributed by atoms with Crippen molar-refractivity contribution < 1.29 is 22.7 Å². The highest BCUT2D eigenvalue weighted by Gasteiger charge is 2.26. The number of nitrogens with one attached hydrogen (secondary N) is 1. The second kappa shape index (κ2) is 8.74. The number of likely N-dealkylation sites (tertiary alicyclic amines) is 1. The molecule has 7 nitrogen and oxygen atoms in total. The lowest BCUT2D eigenvalue weighted by Gasteiger charge is -2.32. The third kappa shape index (κ3) is 5.54. The van der Waals surface area contributed by atoms with Gasteiger partial charge in [-0.05, 0) is 24.3 Å². The van der Waals surface area contributed by atoms with Crippen LogP contribution in [-0.2, 0) is 24.3 Å². The van der Waals surface area contributed by atoms with Gasteiger partial charge in [-0.25, -0.2) is 13.1 Å². The number of sulfonamides is 1. The fourth-order valence-corrected chi connectivity index (χ4v) is 4.65. The number of thiophene rings is 1. The summed E-state index contributed by atoms with van der Waals surface area (Å²) in [5.74, 6) is -0.0688. The molecule has 0 aliphatic carbocycles. The van der Waals surface area contributed by atoms with Gasteiger partial charge in [0.2, 0.25) is 15.9 Å². The minimum Gasteiger partial charge on any atom is -0.382 e. The Morgan fingerprint density at radius 1 is 1.39 bits per heavy atom. The Kier molecular flexibility index (Phi) is 6.97. The molecule has 130 valence electrons. The summed E-state index contributed by atoms with van der Waals surface area (Å²) in [6, 6.07) is 3.16. The maximum Gasteiger partial charge on any atom is 0.250 e. The van der Waals surface area contributed by atoms with Gasteiger partial charge in [-0.1, -0.05) is 6.07 Å². The molecule has 0 saturated carbocycles. The highest BCUT2D eigenvalue weighted by atomic mass is 32.2. The summed E-state index contributed by atoms with van der Waals surface area (Å²) in [5, 5.41) is 1.74. The van der Waals surface area contributed by atoms with Crippen LogP contribution in [0.1, 0.15) is 12.8 Å². The first kappa shape index (κ1) is 18.3. The highest BCUT2D eigenvalue weighted by Crippen LogP contribution is 2.18. The molecule has 2 heterocycles. The molecule has 0 aromatic carbocycles. The van der Waals surface area contributed by atoms with Crippen LogP contribution in [0.25, 0.3) is 0 Å². The van der Waals surface area contributed by atoms with Crippen LogP contribution in [0.2, 0.25) is 0 Å². The second-order valence-electron chi connectivity index (χ2n) is 5.25. The number of amides is 1. The fraction of sp³-hybridized carbons (Fsp3) is 0.643. The van der Waals surface area contributed by atoms with Crippen molar-refractivity contribution >= 4 is 27.3 Å². The van der Waals surface area contributed by atoms with E-state index < -0.39 is 10.0 Å². The van der Waals surface area contributed by atoms with E-state index >= 15 is 0 Å². The average Bonchev–Trinajstić information content (AvgIpc) is 3.07. The van der Waals surface area contributed by atoms with Gasteiger partial charge in [0.1, 0.15) is 10.8 Å². The monoisotopic (exact) mass is 362 g/mol. The van der Waals surface area contributed by atoms with Crippen LogP contribution in [0.5, 0.6) is 0 Å². The van der Waals surface area contributed by atoms with Crippen molar-refractivity contribution in [1.29, 1.82) is 0 Å². The van der Waals surface area contributed by atoms with Gasteiger partial charge in [0.15, 0.2) is 0 Å². The molecule has 1 aromatic rings. The minimum atomic E-state index is -3.45. The number of nitrogens with zero attached hydrogens (tertiary/aromatic N) is 1. The van der Waals surface area contributed by atoms with E-state index in [2.05, 4.69) is 4.72 Å². The zero-order valence-corrected chi connectivity index (χ0v) is 14.7. The first-order valence-electron chi connectivity index (χ1n) is 7.43. The third-order valence-corrected chi connectivity index (χ3v) is 6.50. The summed E-state index contributed by atoms with van der Waals surface area (Å²) in [6.45, 7) is 1.95. The number of piperidine rings is 1. The number of methoxy groups -OCH3 is 1. The van der Waals surface area contributed by atoms with Crippen molar-refractivity contribution in [3.63, 3.8) is 0 Å². The van der Waals surface area contributed by atoms with E-state index in [4.69, 9.17) is 9.47 Å². The molecule has 0 unspecified atom stereocenters. The molecule has 1 aliphatic heterocycles. The van der Waals surface area contributed by atoms with Crippen LogP contribution in [0, 0.1) is 0 Å². The Balaban J connectivity index is 1.74. The molecule has 1 fully saturated rings. The predicted octanol–water partition coefficient (Wildman–Crippen LogP) is 0.680. The van der Waals surface area contributed by atoms with Gasteiger partial charge in [0.25, 0.3) is 0 Å². The lowest BCUT2D eigenvalue weighted by Crippen LogP contribution is -2.47. The Bertz CT molecular complexity index is 580. The van der Waals surface area contributed by atoms with Crippen LogP contribution in [0.15, 0.2) is 21.7 Å². The van der Waals surface area contributed by atoms with Crippen molar-refractivity contribution in [2.45, 2.75) is 23.1 Å². The molecule has 23 heavy (non-hydrogen) atoms. The molecule has 1 amide bonds. The van der Waals surface area contributed by atoms with Gasteiger partial charge in [-0.15, -0.1) is 11.3 Å². The topological polar surface area (TPSA) is 84.9 Å². The Hall–Kier alpha value is -1.00. The van der Waals surface area contributed by atoms with E-state index in [1.54, 1.807) is 29.5 Å². The van der Waals surface area contributed by atoms with Crippen molar-refractivity contribution in [3.8, 4) is 0 Å². The summed E-state index contributed by atoms with van der Waals surface area (Å²) < 4.78 is 37.4. The molecule has 2 rings (SSSR count). The van der Waals surface area contributed by atoms with E-state index in [0.717, 1.165) is 0 Å². The normalized spacial score (nSPS) is 16.7. The van der Waals surface area contributed by atoms with Gasteiger partial charge >= 0.3 is 0 Å². The standard InChI is InChI=1S/C14H22N2O5S2/c1-20-8-9-21-11-13(17)16-6-4-12(5-7-16)15-23(18,19)14-3-2-10-22-14/h2-3,10,12,15H,4-9,11H2,1H3. The van der Waals surface area contributed by atoms with Crippen molar-refractivity contribution in [2.75, 3.05) is 40.0 Å². The van der Waals surface area contributed by atoms with E-state index in [1.807, 2.05) is 0 Å². The van der Waals surface area contributed by atoms with Crippen LogP contribution in [-0.4, -0.2) is 65.3 Å². The quantitative estimate of drug-likeness (QED) is 0.688. The van der Waals surface area contributed by atoms with Crippen LogP contribution in [0.4, 0.5) is 0 Å². The van der Waals surface area contributed by atoms with Gasteiger partial charge in [0.05, 0.1) is 13.2 Å². The first-order valence-corrected chi connectivity index (χ1v) is 9.79. The van der Waals surface area contributed by atoms with Crippen molar-refractivity contribution in [2.24, 2.45) is 0 Å². The van der Waals surface area contributed by atoms with Crippen LogP contribution >= 0.6 is 11.3 Å². The number of carbonyl (C=O) groups is 1. The molecule has 1 aromatic heterocycles. The molecular formula is C14H22N2O5S2. The Morgan fingerprint density at radius 2 is 2.13 bits per heavy atom.